The fourth-order valence-corrected chi connectivity index (χ4v) is 6.62. The summed E-state index contributed by atoms with van der Waals surface area (Å²) in [5, 5.41) is 29.6. The van der Waals surface area contributed by atoms with E-state index in [0.29, 0.717) is 30.4 Å². The van der Waals surface area contributed by atoms with Crippen LogP contribution in [0.25, 0.3) is 0 Å². The lowest BCUT2D eigenvalue weighted by atomic mass is 9.85. The van der Waals surface area contributed by atoms with Crippen LogP contribution in [0.4, 0.5) is 0 Å². The summed E-state index contributed by atoms with van der Waals surface area (Å²) in [5.41, 5.74) is 4.20. The first-order valence-electron chi connectivity index (χ1n) is 19.8. The second-order valence-electron chi connectivity index (χ2n) is 15.3. The molecule has 1 fully saturated rings. The minimum Gasteiger partial charge on any atom is -0.508 e. The number of amides is 4. The minimum absolute atomic E-state index is 0.0232. The molecule has 5 N–H and O–H groups in total. The molecule has 0 aromatic heterocycles. The summed E-state index contributed by atoms with van der Waals surface area (Å²) in [6.07, 6.45) is 11.4. The maximum absolute atomic E-state index is 14.3. The van der Waals surface area contributed by atoms with Crippen molar-refractivity contribution in [3.63, 3.8) is 0 Å². The Hall–Kier alpha value is -5.12. The Balaban J connectivity index is 2.05. The molecule has 1 saturated heterocycles. The maximum Gasteiger partial charge on any atom is 0.325 e. The van der Waals surface area contributed by atoms with Gasteiger partial charge in [0.05, 0.1) is 19.1 Å². The number of carbonyl (C=O) groups is 6. The number of carbonyl (C=O) groups excluding carboxylic acids is 6. The molecule has 15 nitrogen and oxygen atoms in total. The van der Waals surface area contributed by atoms with E-state index < -0.39 is 77.7 Å². The molecule has 0 saturated carbocycles. The van der Waals surface area contributed by atoms with Crippen molar-refractivity contribution in [2.45, 2.75) is 110 Å². The van der Waals surface area contributed by atoms with Crippen LogP contribution in [-0.2, 0) is 44.8 Å². The van der Waals surface area contributed by atoms with Gasteiger partial charge in [-0.25, -0.2) is 10.5 Å². The Bertz CT molecular complexity index is 1720. The summed E-state index contributed by atoms with van der Waals surface area (Å²) >= 11 is 0. The van der Waals surface area contributed by atoms with Crippen molar-refractivity contribution in [1.29, 1.82) is 0 Å². The Labute approximate surface area is 341 Å². The van der Waals surface area contributed by atoms with Crippen molar-refractivity contribution < 1.29 is 48.6 Å². The van der Waals surface area contributed by atoms with Crippen molar-refractivity contribution in [3.8, 4) is 5.75 Å². The van der Waals surface area contributed by atoms with Crippen molar-refractivity contribution in [2.75, 3.05) is 20.7 Å². The molecule has 1 unspecified atom stereocenters. The van der Waals surface area contributed by atoms with Crippen molar-refractivity contribution in [1.82, 2.24) is 26.1 Å². The van der Waals surface area contributed by atoms with E-state index >= 15 is 0 Å². The summed E-state index contributed by atoms with van der Waals surface area (Å²) in [6, 6.07) is 3.08. The molecular formula is C43H61N5O10. The first kappa shape index (κ1) is 47.3. The number of ketones is 1. The van der Waals surface area contributed by atoms with Gasteiger partial charge in [-0.3, -0.25) is 33.8 Å². The number of phenols is 1. The normalized spacial score (nSPS) is 27.2. The number of aliphatic hydroxyl groups excluding tert-OH is 1. The number of hydroxylamine groups is 2. The van der Waals surface area contributed by atoms with Gasteiger partial charge < -0.3 is 30.4 Å². The number of hydrogen-bond acceptors (Lipinski definition) is 11. The second-order valence-corrected chi connectivity index (χ2v) is 15.3. The van der Waals surface area contributed by atoms with Crippen LogP contribution in [-0.4, -0.2) is 107 Å². The van der Waals surface area contributed by atoms with E-state index in [4.69, 9.17) is 9.57 Å². The summed E-state index contributed by atoms with van der Waals surface area (Å²) < 4.78 is 6.03. The van der Waals surface area contributed by atoms with Crippen LogP contribution in [0.1, 0.15) is 78.7 Å². The first-order chi connectivity index (χ1) is 27.5. The van der Waals surface area contributed by atoms with Gasteiger partial charge in [-0.1, -0.05) is 69.4 Å². The molecule has 0 radical (unpaired) electrons. The van der Waals surface area contributed by atoms with Crippen LogP contribution in [0.3, 0.4) is 0 Å². The maximum atomic E-state index is 14.3. The highest BCUT2D eigenvalue weighted by atomic mass is 16.7. The molecule has 1 aromatic carbocycles. The van der Waals surface area contributed by atoms with Gasteiger partial charge in [-0.15, -0.1) is 0 Å². The third kappa shape index (κ3) is 14.7. The monoisotopic (exact) mass is 807 g/mol. The summed E-state index contributed by atoms with van der Waals surface area (Å²) in [4.78, 5) is 85.1. The molecule has 4 amide bonds. The quantitative estimate of drug-likeness (QED) is 0.100. The molecule has 318 valence electrons. The molecule has 15 heteroatoms. The van der Waals surface area contributed by atoms with Crippen molar-refractivity contribution in [2.24, 2.45) is 17.8 Å². The van der Waals surface area contributed by atoms with Gasteiger partial charge in [0, 0.05) is 38.9 Å². The van der Waals surface area contributed by atoms with Crippen LogP contribution in [0, 0.1) is 17.8 Å². The fraction of sp³-hybridized carbons (Fsp3) is 0.535. The fourth-order valence-electron chi connectivity index (χ4n) is 6.62. The lowest BCUT2D eigenvalue weighted by Gasteiger charge is -2.36. The Morgan fingerprint density at radius 2 is 1.78 bits per heavy atom. The number of ether oxygens (including phenoxy) is 1. The number of hydrogen-bond donors (Lipinski definition) is 5. The smallest absolute Gasteiger partial charge is 0.325 e. The number of allylic oxidation sites excluding steroid dienone is 5. The van der Waals surface area contributed by atoms with Gasteiger partial charge in [0.25, 0.3) is 11.8 Å². The number of fused-ring (bicyclic) bond motifs is 2. The molecule has 7 atom stereocenters. The molecule has 2 aliphatic heterocycles. The van der Waals surface area contributed by atoms with Crippen LogP contribution in [0.2, 0.25) is 0 Å². The highest BCUT2D eigenvalue weighted by Gasteiger charge is 2.38. The van der Waals surface area contributed by atoms with E-state index in [1.165, 1.54) is 50.4 Å². The lowest BCUT2D eigenvalue weighted by Crippen LogP contribution is -2.62. The standard InChI is InChI=1S/C43H61N5O10/c1-27(2)38-41(54)44-35(26-31-17-13-18-32(50)25-31)42(55)48-24-14-19-34(46-48)43(56)58-36(28(3)16-12-21-37(51)47(6)57-7)20-11-9-8-10-15-29(4)39(52)33(40(53)45-38)23-22-30(5)49/h8-13,16-18,21,25,27,29,33-36,38-39,46,50,52H,14-15,19-20,22-24,26H2,1-7H3,(H,44,54)(H,45,53)/b10-8+,11-9+,21-12+,28-16+/t29-,33+,34?,35-,36-,38-,39+/m0/s1. The Morgan fingerprint density at radius 1 is 1.07 bits per heavy atom. The molecule has 58 heavy (non-hydrogen) atoms. The molecule has 1 aromatic rings. The number of nitrogens with one attached hydrogen (secondary N) is 3. The number of esters is 1. The number of rotatable bonds is 10. The summed E-state index contributed by atoms with van der Waals surface area (Å²) in [6.45, 7) is 8.68. The number of benzene rings is 1. The molecule has 2 bridgehead atoms. The van der Waals surface area contributed by atoms with Crippen LogP contribution in [0.15, 0.2) is 72.4 Å². The average molecular weight is 808 g/mol. The molecule has 2 heterocycles. The zero-order valence-electron chi connectivity index (χ0n) is 34.7. The predicted molar refractivity (Wildman–Crippen MR) is 217 cm³/mol. The van der Waals surface area contributed by atoms with Gasteiger partial charge in [-0.2, -0.15) is 0 Å². The third-order valence-electron chi connectivity index (χ3n) is 10.3. The zero-order chi connectivity index (χ0) is 42.9. The highest BCUT2D eigenvalue weighted by molar-refractivity contribution is 5.93. The number of nitrogens with zero attached hydrogens (tertiary/aromatic N) is 2. The van der Waals surface area contributed by atoms with E-state index in [9.17, 15) is 39.0 Å². The molecule has 0 aliphatic carbocycles. The highest BCUT2D eigenvalue weighted by Crippen LogP contribution is 2.24. The number of cyclic esters (lactones) is 1. The number of likely N-dealkylation sites (N-methyl/N-ethyl adjacent to an activating group) is 1. The lowest BCUT2D eigenvalue weighted by molar-refractivity contribution is -0.162. The van der Waals surface area contributed by atoms with E-state index in [2.05, 4.69) is 16.1 Å². The van der Waals surface area contributed by atoms with Crippen LogP contribution in [0.5, 0.6) is 5.75 Å². The van der Waals surface area contributed by atoms with Gasteiger partial charge in [-0.05, 0) is 74.6 Å². The summed E-state index contributed by atoms with van der Waals surface area (Å²) in [7, 11) is 2.85. The minimum atomic E-state index is -1.19. The van der Waals surface area contributed by atoms with E-state index in [-0.39, 0.29) is 43.8 Å². The van der Waals surface area contributed by atoms with Gasteiger partial charge in [0.15, 0.2) is 0 Å². The predicted octanol–water partition coefficient (Wildman–Crippen LogP) is 3.38. The van der Waals surface area contributed by atoms with Gasteiger partial charge >= 0.3 is 5.97 Å². The average Bonchev–Trinajstić information content (AvgIpc) is 3.18. The Morgan fingerprint density at radius 3 is 2.43 bits per heavy atom. The van der Waals surface area contributed by atoms with E-state index in [1.54, 1.807) is 58.1 Å². The van der Waals surface area contributed by atoms with Crippen LogP contribution >= 0.6 is 0 Å². The van der Waals surface area contributed by atoms with Crippen molar-refractivity contribution in [3.05, 3.63) is 77.9 Å². The number of hydrazine groups is 1. The first-order valence-corrected chi connectivity index (χ1v) is 19.8. The van der Waals surface area contributed by atoms with Gasteiger partial charge in [0.2, 0.25) is 11.8 Å². The van der Waals surface area contributed by atoms with Gasteiger partial charge in [0.1, 0.15) is 35.8 Å². The Kier molecular flexibility index (Phi) is 19.0. The zero-order valence-corrected chi connectivity index (χ0v) is 34.7. The van der Waals surface area contributed by atoms with Crippen LogP contribution < -0.4 is 16.1 Å². The molecule has 3 rings (SSSR count). The second kappa shape index (κ2) is 23.3. The molecule has 0 spiro atoms. The topological polar surface area (TPSA) is 204 Å². The summed E-state index contributed by atoms with van der Waals surface area (Å²) in [5.74, 6) is -4.80. The number of phenolic OH excluding ortho intramolecular Hbond substituents is 1. The number of Topliss-reactive ketones (excluding diaryl/α,β-unsaturated/α-hetero) is 1. The number of aromatic hydroxyl groups is 1. The molecular weight excluding hydrogens is 746 g/mol. The van der Waals surface area contributed by atoms with E-state index in [0.717, 1.165) is 5.06 Å². The van der Waals surface area contributed by atoms with Crippen molar-refractivity contribution >= 4 is 35.4 Å². The largest absolute Gasteiger partial charge is 0.508 e. The van der Waals surface area contributed by atoms with E-state index in [1.807, 2.05) is 12.2 Å². The third-order valence-corrected chi connectivity index (χ3v) is 10.3. The SMILES string of the molecule is CON(C)C(=O)/C=C/C=C(\C)[C@@H]1C/C=C/C=C/C[C@H](C)[C@@H](O)[C@@H](CCC(C)=O)C(=O)N[C@@H](C(C)C)C(=O)N[C@@H](Cc2cccc(O)c2)C(=O)N2CCCC(N2)C(=O)O1. The number of aliphatic hydroxyl groups is 1. The molecule has 2 aliphatic rings.